The van der Waals surface area contributed by atoms with Crippen LogP contribution in [0.3, 0.4) is 0 Å². The molecular formula is C19H19FN4. The van der Waals surface area contributed by atoms with E-state index >= 15 is 0 Å². The average molecular weight is 322 g/mol. The molecular weight excluding hydrogens is 303 g/mol. The van der Waals surface area contributed by atoms with Crippen LogP contribution >= 0.6 is 0 Å². The molecule has 24 heavy (non-hydrogen) atoms. The summed E-state index contributed by atoms with van der Waals surface area (Å²) in [5.41, 5.74) is 3.90. The topological polar surface area (TPSA) is 34.0 Å². The van der Waals surface area contributed by atoms with Gasteiger partial charge in [-0.2, -0.15) is 5.10 Å². The van der Waals surface area contributed by atoms with Gasteiger partial charge in [-0.15, -0.1) is 0 Å². The molecule has 0 fully saturated rings. The van der Waals surface area contributed by atoms with E-state index in [2.05, 4.69) is 39.2 Å². The Hall–Kier alpha value is -2.53. The van der Waals surface area contributed by atoms with Crippen LogP contribution in [0.1, 0.15) is 16.7 Å². The van der Waals surface area contributed by atoms with E-state index in [1.165, 1.54) is 23.3 Å². The molecule has 0 spiro atoms. The summed E-state index contributed by atoms with van der Waals surface area (Å²) in [7, 11) is 0. The van der Waals surface area contributed by atoms with Crippen molar-refractivity contribution in [2.75, 3.05) is 0 Å². The summed E-state index contributed by atoms with van der Waals surface area (Å²) in [5, 5.41) is 4.25. The van der Waals surface area contributed by atoms with Crippen LogP contribution in [-0.2, 0) is 26.1 Å². The van der Waals surface area contributed by atoms with Gasteiger partial charge in [0.1, 0.15) is 18.5 Å². The quantitative estimate of drug-likeness (QED) is 0.740. The van der Waals surface area contributed by atoms with Crippen LogP contribution in [-0.4, -0.2) is 25.7 Å². The number of aromatic nitrogens is 3. The number of nitrogens with zero attached hydrogens (tertiary/aromatic N) is 4. The lowest BCUT2D eigenvalue weighted by Crippen LogP contribution is -2.42. The van der Waals surface area contributed by atoms with Crippen LogP contribution in [0.4, 0.5) is 4.39 Å². The van der Waals surface area contributed by atoms with Gasteiger partial charge < -0.3 is 0 Å². The Morgan fingerprint density at radius 2 is 1.83 bits per heavy atom. The molecule has 0 amide bonds. The third-order valence-corrected chi connectivity index (χ3v) is 4.63. The van der Waals surface area contributed by atoms with E-state index in [1.54, 1.807) is 12.7 Å². The SMILES string of the molecule is Fc1ccc(CN2Cc3ccccc3CC2Cn2cncn2)cc1. The zero-order valence-corrected chi connectivity index (χ0v) is 13.3. The van der Waals surface area contributed by atoms with E-state index in [-0.39, 0.29) is 5.82 Å². The highest BCUT2D eigenvalue weighted by molar-refractivity contribution is 5.30. The highest BCUT2D eigenvalue weighted by atomic mass is 19.1. The molecule has 1 aliphatic rings. The highest BCUT2D eigenvalue weighted by Gasteiger charge is 2.26. The van der Waals surface area contributed by atoms with Crippen LogP contribution in [0, 0.1) is 5.82 Å². The maximum atomic E-state index is 13.2. The molecule has 4 rings (SSSR count). The van der Waals surface area contributed by atoms with Gasteiger partial charge in [0.15, 0.2) is 0 Å². The molecule has 2 aromatic carbocycles. The minimum atomic E-state index is -0.193. The standard InChI is InChI=1S/C19H19FN4/c20-18-7-5-15(6-8-18)10-23-11-17-4-2-1-3-16(17)9-19(23)12-24-14-21-13-22-24/h1-8,13-14,19H,9-12H2. The minimum absolute atomic E-state index is 0.193. The molecule has 1 aliphatic heterocycles. The summed E-state index contributed by atoms with van der Waals surface area (Å²) in [6.45, 7) is 2.50. The first-order valence-electron chi connectivity index (χ1n) is 8.15. The number of rotatable bonds is 4. The Morgan fingerprint density at radius 3 is 2.58 bits per heavy atom. The van der Waals surface area contributed by atoms with Gasteiger partial charge in [0.2, 0.25) is 0 Å². The molecule has 3 aromatic rings. The Balaban J connectivity index is 1.59. The van der Waals surface area contributed by atoms with E-state index in [0.29, 0.717) is 6.04 Å². The number of benzene rings is 2. The van der Waals surface area contributed by atoms with Crippen molar-refractivity contribution < 1.29 is 4.39 Å². The monoisotopic (exact) mass is 322 g/mol. The van der Waals surface area contributed by atoms with Crippen LogP contribution in [0.2, 0.25) is 0 Å². The summed E-state index contributed by atoms with van der Waals surface area (Å²) in [5.74, 6) is -0.193. The highest BCUT2D eigenvalue weighted by Crippen LogP contribution is 2.25. The summed E-state index contributed by atoms with van der Waals surface area (Å²) in [6, 6.07) is 15.7. The predicted molar refractivity (Wildman–Crippen MR) is 89.6 cm³/mol. The van der Waals surface area contributed by atoms with Gasteiger partial charge >= 0.3 is 0 Å². The molecule has 122 valence electrons. The summed E-state index contributed by atoms with van der Waals surface area (Å²) >= 11 is 0. The molecule has 4 nitrogen and oxygen atoms in total. The normalized spacial score (nSPS) is 17.6. The van der Waals surface area contributed by atoms with Crippen molar-refractivity contribution in [3.05, 3.63) is 83.7 Å². The third-order valence-electron chi connectivity index (χ3n) is 4.63. The summed E-state index contributed by atoms with van der Waals surface area (Å²) in [4.78, 5) is 6.48. The van der Waals surface area contributed by atoms with E-state index in [0.717, 1.165) is 31.6 Å². The Kier molecular flexibility index (Phi) is 4.09. The van der Waals surface area contributed by atoms with Crippen molar-refractivity contribution in [2.45, 2.75) is 32.1 Å². The molecule has 0 N–H and O–H groups in total. The van der Waals surface area contributed by atoms with Gasteiger partial charge in [-0.1, -0.05) is 36.4 Å². The second kappa shape index (κ2) is 6.53. The molecule has 1 unspecified atom stereocenters. The van der Waals surface area contributed by atoms with Crippen molar-refractivity contribution in [2.24, 2.45) is 0 Å². The molecule has 0 saturated heterocycles. The van der Waals surface area contributed by atoms with Crippen molar-refractivity contribution in [1.82, 2.24) is 19.7 Å². The van der Waals surface area contributed by atoms with Crippen molar-refractivity contribution in [3.63, 3.8) is 0 Å². The molecule has 5 heteroatoms. The Morgan fingerprint density at radius 1 is 1.04 bits per heavy atom. The van der Waals surface area contributed by atoms with Gasteiger partial charge in [0.05, 0.1) is 6.54 Å². The second-order valence-corrected chi connectivity index (χ2v) is 6.28. The zero-order chi connectivity index (χ0) is 16.4. The van der Waals surface area contributed by atoms with Crippen LogP contribution in [0.15, 0.2) is 61.2 Å². The number of hydrogen-bond donors (Lipinski definition) is 0. The lowest BCUT2D eigenvalue weighted by atomic mass is 9.93. The molecule has 0 bridgehead atoms. The molecule has 0 aliphatic carbocycles. The van der Waals surface area contributed by atoms with Crippen LogP contribution < -0.4 is 0 Å². The fraction of sp³-hybridized carbons (Fsp3) is 0.263. The lowest BCUT2D eigenvalue weighted by molar-refractivity contribution is 0.142. The summed E-state index contributed by atoms with van der Waals surface area (Å²) in [6.07, 6.45) is 4.31. The third kappa shape index (κ3) is 3.21. The fourth-order valence-corrected chi connectivity index (χ4v) is 3.37. The average Bonchev–Trinajstić information content (AvgIpc) is 3.10. The molecule has 0 saturated carbocycles. The van der Waals surface area contributed by atoms with Gasteiger partial charge in [-0.25, -0.2) is 9.37 Å². The number of fused-ring (bicyclic) bond motifs is 1. The van der Waals surface area contributed by atoms with Crippen LogP contribution in [0.5, 0.6) is 0 Å². The first-order valence-corrected chi connectivity index (χ1v) is 8.15. The van der Waals surface area contributed by atoms with E-state index < -0.39 is 0 Å². The lowest BCUT2D eigenvalue weighted by Gasteiger charge is -2.37. The first-order chi connectivity index (χ1) is 11.8. The number of halogens is 1. The van der Waals surface area contributed by atoms with Crippen molar-refractivity contribution in [1.29, 1.82) is 0 Å². The second-order valence-electron chi connectivity index (χ2n) is 6.28. The maximum absolute atomic E-state index is 13.2. The zero-order valence-electron chi connectivity index (χ0n) is 13.3. The molecule has 1 atom stereocenters. The maximum Gasteiger partial charge on any atom is 0.137 e. The number of hydrogen-bond acceptors (Lipinski definition) is 3. The van der Waals surface area contributed by atoms with Crippen molar-refractivity contribution in [3.8, 4) is 0 Å². The molecule has 0 radical (unpaired) electrons. The van der Waals surface area contributed by atoms with Gasteiger partial charge in [-0.05, 0) is 35.2 Å². The largest absolute Gasteiger partial charge is 0.290 e. The van der Waals surface area contributed by atoms with Crippen LogP contribution in [0.25, 0.3) is 0 Å². The smallest absolute Gasteiger partial charge is 0.137 e. The Bertz CT molecular complexity index is 798. The first kappa shape index (κ1) is 15.0. The van der Waals surface area contributed by atoms with E-state index in [1.807, 2.05) is 16.8 Å². The fourth-order valence-electron chi connectivity index (χ4n) is 3.37. The van der Waals surface area contributed by atoms with Gasteiger partial charge in [0.25, 0.3) is 0 Å². The molecule has 2 heterocycles. The van der Waals surface area contributed by atoms with E-state index in [4.69, 9.17) is 0 Å². The molecule has 1 aromatic heterocycles. The predicted octanol–water partition coefficient (Wildman–Crippen LogP) is 3.04. The van der Waals surface area contributed by atoms with Gasteiger partial charge in [-0.3, -0.25) is 9.58 Å². The van der Waals surface area contributed by atoms with Gasteiger partial charge in [0, 0.05) is 19.1 Å². The Labute approximate surface area is 140 Å². The van der Waals surface area contributed by atoms with Crippen molar-refractivity contribution >= 4 is 0 Å². The minimum Gasteiger partial charge on any atom is -0.290 e. The van der Waals surface area contributed by atoms with E-state index in [9.17, 15) is 4.39 Å². The summed E-state index contributed by atoms with van der Waals surface area (Å²) < 4.78 is 15.0.